The topological polar surface area (TPSA) is 49.3 Å². The molecule has 3 atom stereocenters. The van der Waals surface area contributed by atoms with Crippen molar-refractivity contribution in [2.24, 2.45) is 17.8 Å². The van der Waals surface area contributed by atoms with Gasteiger partial charge in [0.2, 0.25) is 5.91 Å². The molecule has 2 aliphatic carbocycles. The molecule has 0 bridgehead atoms. The SMILES string of the molecule is O=C(NO)C1C(c2ccccc2)C1C1CCCCC1. The highest BCUT2D eigenvalue weighted by Crippen LogP contribution is 2.60. The molecule has 19 heavy (non-hydrogen) atoms. The van der Waals surface area contributed by atoms with Crippen molar-refractivity contribution in [1.82, 2.24) is 5.48 Å². The lowest BCUT2D eigenvalue weighted by atomic mass is 9.84. The first-order valence-electron chi connectivity index (χ1n) is 7.32. The van der Waals surface area contributed by atoms with Crippen LogP contribution in [0, 0.1) is 17.8 Å². The second-order valence-corrected chi connectivity index (χ2v) is 5.91. The van der Waals surface area contributed by atoms with Gasteiger partial charge in [-0.05, 0) is 23.3 Å². The van der Waals surface area contributed by atoms with Gasteiger partial charge in [-0.3, -0.25) is 10.0 Å². The maximum Gasteiger partial charge on any atom is 0.247 e. The Morgan fingerprint density at radius 1 is 1.11 bits per heavy atom. The van der Waals surface area contributed by atoms with Crippen LogP contribution >= 0.6 is 0 Å². The van der Waals surface area contributed by atoms with Crippen LogP contribution in [0.4, 0.5) is 0 Å². The summed E-state index contributed by atoms with van der Waals surface area (Å²) in [5.41, 5.74) is 3.10. The van der Waals surface area contributed by atoms with Crippen LogP contribution in [0.15, 0.2) is 30.3 Å². The van der Waals surface area contributed by atoms with Crippen LogP contribution in [0.1, 0.15) is 43.6 Å². The number of benzene rings is 1. The Hall–Kier alpha value is -1.35. The standard InChI is InChI=1S/C16H21NO2/c18-16(17-19)15-13(11-7-3-1-4-8-11)14(15)12-9-5-2-6-10-12/h1,3-4,7-8,12-15,19H,2,5-6,9-10H2,(H,17,18). The van der Waals surface area contributed by atoms with E-state index in [0.717, 1.165) is 0 Å². The Balaban J connectivity index is 1.79. The molecular weight excluding hydrogens is 238 g/mol. The van der Waals surface area contributed by atoms with E-state index in [0.29, 0.717) is 17.8 Å². The van der Waals surface area contributed by atoms with Crippen LogP contribution < -0.4 is 5.48 Å². The lowest BCUT2D eigenvalue weighted by Gasteiger charge is -2.22. The van der Waals surface area contributed by atoms with Crippen molar-refractivity contribution < 1.29 is 10.0 Å². The minimum absolute atomic E-state index is 0.0319. The molecular formula is C16H21NO2. The van der Waals surface area contributed by atoms with Crippen LogP contribution in [-0.2, 0) is 4.79 Å². The zero-order valence-corrected chi connectivity index (χ0v) is 11.1. The Labute approximate surface area is 114 Å². The summed E-state index contributed by atoms with van der Waals surface area (Å²) < 4.78 is 0. The number of hydrogen-bond donors (Lipinski definition) is 2. The summed E-state index contributed by atoms with van der Waals surface area (Å²) in [6, 6.07) is 10.3. The van der Waals surface area contributed by atoms with Crippen LogP contribution in [0.5, 0.6) is 0 Å². The quantitative estimate of drug-likeness (QED) is 0.647. The lowest BCUT2D eigenvalue weighted by molar-refractivity contribution is -0.131. The monoisotopic (exact) mass is 259 g/mol. The molecule has 1 aromatic carbocycles. The number of carbonyl (C=O) groups excluding carboxylic acids is 1. The average molecular weight is 259 g/mol. The normalized spacial score (nSPS) is 30.9. The molecule has 0 saturated heterocycles. The van der Waals surface area contributed by atoms with Gasteiger partial charge in [-0.2, -0.15) is 0 Å². The van der Waals surface area contributed by atoms with Gasteiger partial charge in [-0.25, -0.2) is 5.48 Å². The summed E-state index contributed by atoms with van der Waals surface area (Å²) in [5, 5.41) is 8.93. The first-order chi connectivity index (χ1) is 9.33. The van der Waals surface area contributed by atoms with Crippen molar-refractivity contribution in [2.45, 2.75) is 38.0 Å². The van der Waals surface area contributed by atoms with Gasteiger partial charge in [0, 0.05) is 0 Å². The third kappa shape index (κ3) is 2.39. The molecule has 0 spiro atoms. The second-order valence-electron chi connectivity index (χ2n) is 5.91. The molecule has 0 aliphatic heterocycles. The Bertz CT molecular complexity index is 439. The van der Waals surface area contributed by atoms with Gasteiger partial charge in [0.1, 0.15) is 0 Å². The van der Waals surface area contributed by atoms with E-state index in [4.69, 9.17) is 5.21 Å². The Morgan fingerprint density at radius 2 is 1.79 bits per heavy atom. The summed E-state index contributed by atoms with van der Waals surface area (Å²) in [5.74, 6) is 1.15. The van der Waals surface area contributed by atoms with E-state index in [2.05, 4.69) is 12.1 Å². The van der Waals surface area contributed by atoms with Crippen molar-refractivity contribution in [3.8, 4) is 0 Å². The number of amides is 1. The maximum atomic E-state index is 11.8. The van der Waals surface area contributed by atoms with E-state index < -0.39 is 0 Å². The summed E-state index contributed by atoms with van der Waals surface area (Å²) in [6.45, 7) is 0. The highest BCUT2D eigenvalue weighted by atomic mass is 16.5. The number of rotatable bonds is 3. The van der Waals surface area contributed by atoms with Gasteiger partial charge in [0.05, 0.1) is 5.92 Å². The van der Waals surface area contributed by atoms with Crippen molar-refractivity contribution >= 4 is 5.91 Å². The Morgan fingerprint density at radius 3 is 2.42 bits per heavy atom. The van der Waals surface area contributed by atoms with Crippen molar-refractivity contribution in [3.63, 3.8) is 0 Å². The molecule has 0 radical (unpaired) electrons. The molecule has 1 amide bonds. The smallest absolute Gasteiger partial charge is 0.247 e. The minimum atomic E-state index is -0.204. The van der Waals surface area contributed by atoms with E-state index >= 15 is 0 Å². The molecule has 3 unspecified atom stereocenters. The summed E-state index contributed by atoms with van der Waals surface area (Å²) in [4.78, 5) is 11.8. The maximum absolute atomic E-state index is 11.8. The molecule has 3 nitrogen and oxygen atoms in total. The summed E-state index contributed by atoms with van der Waals surface area (Å²) in [6.07, 6.45) is 6.38. The third-order valence-electron chi connectivity index (χ3n) is 4.87. The van der Waals surface area contributed by atoms with Gasteiger partial charge in [0.15, 0.2) is 0 Å². The van der Waals surface area contributed by atoms with E-state index in [-0.39, 0.29) is 11.8 Å². The molecule has 3 heteroatoms. The molecule has 2 N–H and O–H groups in total. The van der Waals surface area contributed by atoms with Gasteiger partial charge in [0.25, 0.3) is 0 Å². The molecule has 0 aromatic heterocycles. The zero-order valence-electron chi connectivity index (χ0n) is 11.1. The molecule has 102 valence electrons. The minimum Gasteiger partial charge on any atom is -0.289 e. The number of carbonyl (C=O) groups is 1. The highest BCUT2D eigenvalue weighted by molar-refractivity contribution is 5.82. The molecule has 1 aromatic rings. The van der Waals surface area contributed by atoms with Crippen LogP contribution in [-0.4, -0.2) is 11.1 Å². The number of hydrogen-bond acceptors (Lipinski definition) is 2. The van der Waals surface area contributed by atoms with E-state index in [1.165, 1.54) is 37.7 Å². The van der Waals surface area contributed by atoms with Crippen LogP contribution in [0.2, 0.25) is 0 Å². The second kappa shape index (κ2) is 5.33. The summed E-state index contributed by atoms with van der Waals surface area (Å²) >= 11 is 0. The fourth-order valence-corrected chi connectivity index (χ4v) is 3.96. The van der Waals surface area contributed by atoms with Crippen molar-refractivity contribution in [1.29, 1.82) is 0 Å². The van der Waals surface area contributed by atoms with E-state index in [1.807, 2.05) is 23.7 Å². The predicted octanol–water partition coefficient (Wildman–Crippen LogP) is 3.10. The fraction of sp³-hybridized carbons (Fsp3) is 0.562. The number of nitrogens with one attached hydrogen (secondary N) is 1. The number of hydroxylamine groups is 1. The van der Waals surface area contributed by atoms with Crippen LogP contribution in [0.25, 0.3) is 0 Å². The molecule has 2 saturated carbocycles. The summed E-state index contributed by atoms with van der Waals surface area (Å²) in [7, 11) is 0. The predicted molar refractivity (Wildman–Crippen MR) is 72.7 cm³/mol. The van der Waals surface area contributed by atoms with Gasteiger partial charge < -0.3 is 0 Å². The van der Waals surface area contributed by atoms with E-state index in [1.54, 1.807) is 0 Å². The van der Waals surface area contributed by atoms with Gasteiger partial charge >= 0.3 is 0 Å². The zero-order chi connectivity index (χ0) is 13.2. The lowest BCUT2D eigenvalue weighted by Crippen LogP contribution is -2.23. The molecule has 0 heterocycles. The van der Waals surface area contributed by atoms with Gasteiger partial charge in [-0.1, -0.05) is 62.4 Å². The Kier molecular flexibility index (Phi) is 3.56. The van der Waals surface area contributed by atoms with Gasteiger partial charge in [-0.15, -0.1) is 0 Å². The molecule has 2 aliphatic rings. The average Bonchev–Trinajstić information content (AvgIpc) is 3.24. The largest absolute Gasteiger partial charge is 0.289 e. The third-order valence-corrected chi connectivity index (χ3v) is 4.87. The van der Waals surface area contributed by atoms with Crippen molar-refractivity contribution in [3.05, 3.63) is 35.9 Å². The molecule has 3 rings (SSSR count). The highest BCUT2D eigenvalue weighted by Gasteiger charge is 2.58. The fourth-order valence-electron chi connectivity index (χ4n) is 3.96. The van der Waals surface area contributed by atoms with Crippen LogP contribution in [0.3, 0.4) is 0 Å². The molecule has 2 fully saturated rings. The first-order valence-corrected chi connectivity index (χ1v) is 7.32. The first kappa shape index (κ1) is 12.7. The van der Waals surface area contributed by atoms with Crippen molar-refractivity contribution in [2.75, 3.05) is 0 Å². The van der Waals surface area contributed by atoms with E-state index in [9.17, 15) is 4.79 Å².